The number of furan rings is 1. The summed E-state index contributed by atoms with van der Waals surface area (Å²) in [5.74, 6) is -0.274. The van der Waals surface area contributed by atoms with Crippen LogP contribution in [0.25, 0.3) is 0 Å². The number of aliphatic imine (C=N–C) groups is 1. The van der Waals surface area contributed by atoms with Gasteiger partial charge in [0.15, 0.2) is 5.76 Å². The third-order valence-electron chi connectivity index (χ3n) is 2.12. The molecule has 90 valence electrons. The van der Waals surface area contributed by atoms with Crippen molar-refractivity contribution < 1.29 is 14.0 Å². The van der Waals surface area contributed by atoms with Crippen LogP contribution in [0.15, 0.2) is 46.0 Å². The fraction of sp³-hybridized carbons (Fsp3) is 0. The molecule has 0 fully saturated rings. The lowest BCUT2D eigenvalue weighted by atomic mass is 10.2. The molecule has 0 bridgehead atoms. The average molecular weight is 263 g/mol. The van der Waals surface area contributed by atoms with Crippen LogP contribution in [0.2, 0.25) is 5.02 Å². The number of benzene rings is 1. The summed E-state index contributed by atoms with van der Waals surface area (Å²) in [7, 11) is 0. The van der Waals surface area contributed by atoms with Gasteiger partial charge >= 0.3 is 0 Å². The topological polar surface area (TPSA) is 71.7 Å². The standard InChI is InChI=1S/C12H7ClN2O3/c13-9-4-3-8(14-7-16)6-10(9)15-12(17)11-2-1-5-18-11/h1-6H,(H,15,17). The molecule has 1 aromatic heterocycles. The summed E-state index contributed by atoms with van der Waals surface area (Å²) in [6.45, 7) is 0. The Hall–Kier alpha value is -2.36. The Bertz CT molecular complexity index is 616. The number of hydrogen-bond donors (Lipinski definition) is 1. The minimum Gasteiger partial charge on any atom is -0.459 e. The number of rotatable bonds is 3. The molecule has 1 heterocycles. The molecule has 0 aliphatic heterocycles. The maximum Gasteiger partial charge on any atom is 0.291 e. The summed E-state index contributed by atoms with van der Waals surface area (Å²) < 4.78 is 4.94. The lowest BCUT2D eigenvalue weighted by Crippen LogP contribution is -2.11. The van der Waals surface area contributed by atoms with Crippen molar-refractivity contribution in [1.82, 2.24) is 0 Å². The second-order valence-corrected chi connectivity index (χ2v) is 3.71. The number of halogens is 1. The van der Waals surface area contributed by atoms with E-state index in [-0.39, 0.29) is 5.76 Å². The molecule has 18 heavy (non-hydrogen) atoms. The average Bonchev–Trinajstić information content (AvgIpc) is 2.87. The number of nitrogens with one attached hydrogen (secondary N) is 1. The van der Waals surface area contributed by atoms with Gasteiger partial charge < -0.3 is 9.73 Å². The molecule has 0 aliphatic rings. The van der Waals surface area contributed by atoms with Crippen molar-refractivity contribution in [3.05, 3.63) is 47.4 Å². The van der Waals surface area contributed by atoms with Crippen molar-refractivity contribution in [2.45, 2.75) is 0 Å². The molecule has 1 amide bonds. The molecule has 0 radical (unpaired) electrons. The van der Waals surface area contributed by atoms with Crippen molar-refractivity contribution in [3.63, 3.8) is 0 Å². The van der Waals surface area contributed by atoms with E-state index in [2.05, 4.69) is 10.3 Å². The number of carbonyl (C=O) groups excluding carboxylic acids is 2. The molecule has 1 N–H and O–H groups in total. The van der Waals surface area contributed by atoms with Gasteiger partial charge in [0.1, 0.15) is 0 Å². The van der Waals surface area contributed by atoms with E-state index in [9.17, 15) is 9.59 Å². The third kappa shape index (κ3) is 2.66. The number of isocyanates is 1. The van der Waals surface area contributed by atoms with Gasteiger partial charge in [0, 0.05) is 0 Å². The van der Waals surface area contributed by atoms with Crippen LogP contribution in [0.5, 0.6) is 0 Å². The highest BCUT2D eigenvalue weighted by Gasteiger charge is 2.11. The van der Waals surface area contributed by atoms with Gasteiger partial charge in [-0.3, -0.25) is 4.79 Å². The van der Waals surface area contributed by atoms with Gasteiger partial charge in [-0.05, 0) is 30.3 Å². The number of nitrogens with zero attached hydrogens (tertiary/aromatic N) is 1. The minimum atomic E-state index is -0.436. The molecule has 5 nitrogen and oxygen atoms in total. The second kappa shape index (κ2) is 5.31. The van der Waals surface area contributed by atoms with Gasteiger partial charge in [-0.25, -0.2) is 4.79 Å². The van der Waals surface area contributed by atoms with Crippen molar-refractivity contribution in [1.29, 1.82) is 0 Å². The van der Waals surface area contributed by atoms with Gasteiger partial charge in [-0.1, -0.05) is 11.6 Å². The number of anilines is 1. The Balaban J connectivity index is 2.25. The first-order chi connectivity index (χ1) is 8.70. The number of carbonyl (C=O) groups is 1. The Morgan fingerprint density at radius 2 is 2.22 bits per heavy atom. The maximum atomic E-state index is 11.7. The molecule has 0 spiro atoms. The highest BCUT2D eigenvalue weighted by atomic mass is 35.5. The molecule has 0 saturated carbocycles. The molecular weight excluding hydrogens is 256 g/mol. The normalized spacial score (nSPS) is 9.61. The predicted molar refractivity (Wildman–Crippen MR) is 65.9 cm³/mol. The van der Waals surface area contributed by atoms with Gasteiger partial charge in [-0.2, -0.15) is 4.99 Å². The molecule has 0 aliphatic carbocycles. The summed E-state index contributed by atoms with van der Waals surface area (Å²) in [6, 6.07) is 7.65. The first kappa shape index (κ1) is 12.1. The SMILES string of the molecule is O=C=Nc1ccc(Cl)c(NC(=O)c2ccco2)c1. The summed E-state index contributed by atoms with van der Waals surface area (Å²) >= 11 is 5.92. The van der Waals surface area contributed by atoms with Crippen LogP contribution >= 0.6 is 11.6 Å². The van der Waals surface area contributed by atoms with Crippen molar-refractivity contribution in [2.24, 2.45) is 4.99 Å². The molecule has 2 aromatic rings. The van der Waals surface area contributed by atoms with Gasteiger partial charge in [0.05, 0.1) is 22.7 Å². The van der Waals surface area contributed by atoms with E-state index in [4.69, 9.17) is 16.0 Å². The summed E-state index contributed by atoms with van der Waals surface area (Å²) in [4.78, 5) is 25.3. The summed E-state index contributed by atoms with van der Waals surface area (Å²) in [6.07, 6.45) is 2.80. The maximum absolute atomic E-state index is 11.7. The van der Waals surface area contributed by atoms with E-state index in [1.165, 1.54) is 36.6 Å². The molecule has 6 heteroatoms. The largest absolute Gasteiger partial charge is 0.459 e. The van der Waals surface area contributed by atoms with E-state index in [0.717, 1.165) is 0 Å². The van der Waals surface area contributed by atoms with Crippen LogP contribution < -0.4 is 5.32 Å². The van der Waals surface area contributed by atoms with Crippen molar-refractivity contribution >= 4 is 35.0 Å². The monoisotopic (exact) mass is 262 g/mol. The zero-order valence-electron chi connectivity index (χ0n) is 9.01. The number of hydrogen-bond acceptors (Lipinski definition) is 4. The van der Waals surface area contributed by atoms with Gasteiger partial charge in [-0.15, -0.1) is 0 Å². The smallest absolute Gasteiger partial charge is 0.291 e. The third-order valence-corrected chi connectivity index (χ3v) is 2.45. The highest BCUT2D eigenvalue weighted by molar-refractivity contribution is 6.34. The van der Waals surface area contributed by atoms with E-state index in [1.54, 1.807) is 6.07 Å². The lowest BCUT2D eigenvalue weighted by molar-refractivity contribution is 0.0996. The van der Waals surface area contributed by atoms with Crippen LogP contribution in [0, 0.1) is 0 Å². The van der Waals surface area contributed by atoms with Gasteiger partial charge in [0.25, 0.3) is 5.91 Å². The van der Waals surface area contributed by atoms with Crippen LogP contribution in [-0.4, -0.2) is 12.0 Å². The first-order valence-electron chi connectivity index (χ1n) is 4.93. The fourth-order valence-electron chi connectivity index (χ4n) is 1.32. The fourth-order valence-corrected chi connectivity index (χ4v) is 1.49. The molecule has 1 aromatic carbocycles. The Morgan fingerprint density at radius 3 is 2.89 bits per heavy atom. The van der Waals surface area contributed by atoms with E-state index in [1.807, 2.05) is 0 Å². The van der Waals surface area contributed by atoms with Crippen molar-refractivity contribution in [2.75, 3.05) is 5.32 Å². The Kier molecular flexibility index (Phi) is 3.57. The molecule has 0 unspecified atom stereocenters. The molecular formula is C12H7ClN2O3. The van der Waals surface area contributed by atoms with Crippen LogP contribution in [0.1, 0.15) is 10.6 Å². The van der Waals surface area contributed by atoms with E-state index < -0.39 is 5.91 Å². The zero-order valence-corrected chi connectivity index (χ0v) is 9.77. The summed E-state index contributed by atoms with van der Waals surface area (Å²) in [5, 5.41) is 2.89. The Labute approximate surface area is 107 Å². The van der Waals surface area contributed by atoms with E-state index >= 15 is 0 Å². The number of amides is 1. The molecule has 0 atom stereocenters. The van der Waals surface area contributed by atoms with Crippen molar-refractivity contribution in [3.8, 4) is 0 Å². The zero-order chi connectivity index (χ0) is 13.0. The van der Waals surface area contributed by atoms with Crippen LogP contribution in [0.4, 0.5) is 11.4 Å². The minimum absolute atomic E-state index is 0.162. The highest BCUT2D eigenvalue weighted by Crippen LogP contribution is 2.27. The quantitative estimate of drug-likeness (QED) is 0.682. The van der Waals surface area contributed by atoms with Crippen LogP contribution in [-0.2, 0) is 4.79 Å². The van der Waals surface area contributed by atoms with Gasteiger partial charge in [0.2, 0.25) is 6.08 Å². The molecule has 2 rings (SSSR count). The lowest BCUT2D eigenvalue weighted by Gasteiger charge is -2.05. The van der Waals surface area contributed by atoms with E-state index in [0.29, 0.717) is 16.4 Å². The molecule has 0 saturated heterocycles. The second-order valence-electron chi connectivity index (χ2n) is 3.30. The van der Waals surface area contributed by atoms with Crippen LogP contribution in [0.3, 0.4) is 0 Å². The first-order valence-corrected chi connectivity index (χ1v) is 5.31. The Morgan fingerprint density at radius 1 is 1.39 bits per heavy atom. The predicted octanol–water partition coefficient (Wildman–Crippen LogP) is 3.15. The summed E-state index contributed by atoms with van der Waals surface area (Å²) in [5.41, 5.74) is 0.693.